The zero-order valence-corrected chi connectivity index (χ0v) is 15.0. The summed E-state index contributed by atoms with van der Waals surface area (Å²) in [6.07, 6.45) is 4.49. The van der Waals surface area contributed by atoms with Crippen molar-refractivity contribution in [2.45, 2.75) is 19.8 Å². The zero-order valence-electron chi connectivity index (χ0n) is 15.0. The van der Waals surface area contributed by atoms with E-state index in [0.717, 1.165) is 48.4 Å². The predicted molar refractivity (Wildman–Crippen MR) is 100 cm³/mol. The van der Waals surface area contributed by atoms with E-state index in [1.807, 2.05) is 12.1 Å². The van der Waals surface area contributed by atoms with E-state index in [1.165, 1.54) is 18.1 Å². The number of aromatic amines is 1. The van der Waals surface area contributed by atoms with Gasteiger partial charge in [0, 0.05) is 29.9 Å². The number of aromatic nitrogens is 1. The number of methoxy groups -OCH3 is 1. The predicted octanol–water partition coefficient (Wildman–Crippen LogP) is 3.08. The molecule has 4 rings (SSSR count). The number of fused-ring (bicyclic) bond motifs is 5. The van der Waals surface area contributed by atoms with Gasteiger partial charge in [0.1, 0.15) is 5.57 Å². The Morgan fingerprint density at radius 2 is 2.19 bits per heavy atom. The largest absolute Gasteiger partial charge is 0.465 e. The van der Waals surface area contributed by atoms with Crippen molar-refractivity contribution in [2.75, 3.05) is 20.2 Å². The smallest absolute Gasteiger partial charge is 0.341 e. The summed E-state index contributed by atoms with van der Waals surface area (Å²) in [5, 5.41) is 1.25. The number of benzene rings is 1. The monoisotopic (exact) mass is 350 g/mol. The molecule has 1 atom stereocenters. The van der Waals surface area contributed by atoms with Crippen molar-refractivity contribution in [3.63, 3.8) is 0 Å². The number of para-hydroxylation sites is 1. The van der Waals surface area contributed by atoms with Gasteiger partial charge in [0.2, 0.25) is 0 Å². The van der Waals surface area contributed by atoms with Crippen molar-refractivity contribution in [1.29, 1.82) is 0 Å². The first-order chi connectivity index (χ1) is 12.7. The van der Waals surface area contributed by atoms with E-state index in [9.17, 15) is 9.59 Å². The molecule has 3 heterocycles. The molecule has 1 N–H and O–H groups in total. The molecule has 5 heteroatoms. The van der Waals surface area contributed by atoms with E-state index in [0.29, 0.717) is 6.29 Å². The molecule has 0 saturated carbocycles. The highest BCUT2D eigenvalue weighted by Gasteiger charge is 2.33. The Bertz CT molecular complexity index is 951. The lowest BCUT2D eigenvalue weighted by Gasteiger charge is -2.39. The highest BCUT2D eigenvalue weighted by atomic mass is 16.5. The molecule has 0 saturated heterocycles. The van der Waals surface area contributed by atoms with Crippen LogP contribution < -0.4 is 0 Å². The number of hydrogen-bond donors (Lipinski definition) is 1. The molecule has 0 amide bonds. The lowest BCUT2D eigenvalue weighted by molar-refractivity contribution is -0.136. The summed E-state index contributed by atoms with van der Waals surface area (Å²) in [6.45, 7) is 3.83. The molecule has 0 aliphatic carbocycles. The molecule has 0 bridgehead atoms. The van der Waals surface area contributed by atoms with Crippen molar-refractivity contribution >= 4 is 28.9 Å². The van der Waals surface area contributed by atoms with Crippen LogP contribution in [0.5, 0.6) is 0 Å². The summed E-state index contributed by atoms with van der Waals surface area (Å²) >= 11 is 0. The number of hydrogen-bond acceptors (Lipinski definition) is 4. The van der Waals surface area contributed by atoms with Gasteiger partial charge >= 0.3 is 5.97 Å². The highest BCUT2D eigenvalue weighted by Crippen LogP contribution is 2.39. The van der Waals surface area contributed by atoms with Crippen LogP contribution >= 0.6 is 0 Å². The second-order valence-corrected chi connectivity index (χ2v) is 6.83. The summed E-state index contributed by atoms with van der Waals surface area (Å²) in [5.41, 5.74) is 5.50. The number of H-pyrrole nitrogens is 1. The van der Waals surface area contributed by atoms with Crippen molar-refractivity contribution < 1.29 is 14.3 Å². The maximum atomic E-state index is 12.1. The molecule has 134 valence electrons. The number of carbonyl (C=O) groups excluding carboxylic acids is 2. The van der Waals surface area contributed by atoms with Crippen LogP contribution in [0.2, 0.25) is 0 Å². The van der Waals surface area contributed by atoms with Gasteiger partial charge in [-0.3, -0.25) is 4.79 Å². The fraction of sp³-hybridized carbons (Fsp3) is 0.333. The van der Waals surface area contributed by atoms with Crippen LogP contribution in [-0.4, -0.2) is 42.3 Å². The molecule has 26 heavy (non-hydrogen) atoms. The molecular formula is C21H22N2O3. The number of aldehydes is 1. The van der Waals surface area contributed by atoms with Gasteiger partial charge in [-0.1, -0.05) is 25.1 Å². The third-order valence-corrected chi connectivity index (χ3v) is 5.54. The summed E-state index contributed by atoms with van der Waals surface area (Å²) < 4.78 is 4.82. The topological polar surface area (TPSA) is 62.4 Å². The molecule has 1 aromatic carbocycles. The van der Waals surface area contributed by atoms with Gasteiger partial charge in [-0.15, -0.1) is 0 Å². The van der Waals surface area contributed by atoms with Crippen LogP contribution in [-0.2, 0) is 20.7 Å². The van der Waals surface area contributed by atoms with Crippen LogP contribution in [0.1, 0.15) is 24.6 Å². The van der Waals surface area contributed by atoms with Gasteiger partial charge in [0.25, 0.3) is 0 Å². The van der Waals surface area contributed by atoms with Gasteiger partial charge in [-0.05, 0) is 36.1 Å². The Kier molecular flexibility index (Phi) is 4.15. The third kappa shape index (κ3) is 2.46. The number of ether oxygens (including phenoxy) is 1. The molecular weight excluding hydrogens is 328 g/mol. The SMILES string of the molecule is CC[C@@H]1CN2CCc3c([nH]c4ccccc34)C2=CC1=C(C=O)C(=O)OC. The van der Waals surface area contributed by atoms with Crippen LogP contribution in [0.25, 0.3) is 16.6 Å². The van der Waals surface area contributed by atoms with Crippen LogP contribution in [0.3, 0.4) is 0 Å². The van der Waals surface area contributed by atoms with Crippen LogP contribution in [0.4, 0.5) is 0 Å². The molecule has 0 fully saturated rings. The standard InChI is InChI=1S/C21H22N2O3/c1-3-13-11-23-9-8-15-14-6-4-5-7-18(14)22-20(15)19(23)10-16(13)17(12-24)21(25)26-2/h4-7,10,12-13,22H,3,8-9,11H2,1-2H3/t13-/m1/s1. The van der Waals surface area contributed by atoms with Crippen LogP contribution in [0, 0.1) is 5.92 Å². The summed E-state index contributed by atoms with van der Waals surface area (Å²) in [6, 6.07) is 8.30. The molecule has 0 unspecified atom stereocenters. The van der Waals surface area contributed by atoms with Crippen molar-refractivity contribution in [3.8, 4) is 0 Å². The Labute approximate surface area is 152 Å². The summed E-state index contributed by atoms with van der Waals surface area (Å²) in [7, 11) is 1.31. The minimum atomic E-state index is -0.563. The van der Waals surface area contributed by atoms with Gasteiger partial charge in [0.15, 0.2) is 6.29 Å². The quantitative estimate of drug-likeness (QED) is 0.304. The van der Waals surface area contributed by atoms with E-state index in [2.05, 4.69) is 35.0 Å². The average molecular weight is 350 g/mol. The van der Waals surface area contributed by atoms with E-state index in [4.69, 9.17) is 4.74 Å². The Balaban J connectivity index is 1.92. The van der Waals surface area contributed by atoms with Crippen molar-refractivity contribution in [3.05, 3.63) is 52.7 Å². The molecule has 2 aromatic rings. The van der Waals surface area contributed by atoms with Gasteiger partial charge < -0.3 is 14.6 Å². The first-order valence-electron chi connectivity index (χ1n) is 9.02. The van der Waals surface area contributed by atoms with E-state index < -0.39 is 5.97 Å². The Morgan fingerprint density at radius 1 is 1.38 bits per heavy atom. The number of nitrogens with one attached hydrogen (secondary N) is 1. The average Bonchev–Trinajstić information content (AvgIpc) is 3.07. The minimum Gasteiger partial charge on any atom is -0.465 e. The first-order valence-corrected chi connectivity index (χ1v) is 9.02. The van der Waals surface area contributed by atoms with Crippen molar-refractivity contribution in [1.82, 2.24) is 9.88 Å². The number of nitrogens with zero attached hydrogens (tertiary/aromatic N) is 1. The molecule has 2 aliphatic heterocycles. The van der Waals surface area contributed by atoms with E-state index >= 15 is 0 Å². The van der Waals surface area contributed by atoms with Crippen LogP contribution in [0.15, 0.2) is 41.5 Å². The number of carbonyl (C=O) groups is 2. The van der Waals surface area contributed by atoms with Gasteiger partial charge in [-0.25, -0.2) is 4.79 Å². The maximum absolute atomic E-state index is 12.1. The second-order valence-electron chi connectivity index (χ2n) is 6.83. The zero-order chi connectivity index (χ0) is 18.3. The normalized spacial score (nSPS) is 20.9. The highest BCUT2D eigenvalue weighted by molar-refractivity contribution is 6.09. The summed E-state index contributed by atoms with van der Waals surface area (Å²) in [4.78, 5) is 29.6. The fourth-order valence-corrected chi connectivity index (χ4v) is 4.18. The molecule has 0 radical (unpaired) electrons. The summed E-state index contributed by atoms with van der Waals surface area (Å²) in [5.74, 6) is -0.421. The first kappa shape index (κ1) is 16.6. The van der Waals surface area contributed by atoms with Gasteiger partial charge in [0.05, 0.1) is 18.5 Å². The third-order valence-electron chi connectivity index (χ3n) is 5.54. The fourth-order valence-electron chi connectivity index (χ4n) is 4.18. The Hall–Kier alpha value is -2.82. The molecule has 5 nitrogen and oxygen atoms in total. The van der Waals surface area contributed by atoms with Gasteiger partial charge in [-0.2, -0.15) is 0 Å². The van der Waals surface area contributed by atoms with E-state index in [1.54, 1.807) is 0 Å². The number of rotatable bonds is 3. The lowest BCUT2D eigenvalue weighted by atomic mass is 9.85. The number of esters is 1. The molecule has 2 aliphatic rings. The Morgan fingerprint density at radius 3 is 2.92 bits per heavy atom. The van der Waals surface area contributed by atoms with Crippen molar-refractivity contribution in [2.24, 2.45) is 5.92 Å². The minimum absolute atomic E-state index is 0.134. The maximum Gasteiger partial charge on any atom is 0.341 e. The molecule has 1 aromatic heterocycles. The number of allylic oxidation sites excluding steroid dienone is 1. The molecule has 0 spiro atoms. The lowest BCUT2D eigenvalue weighted by Crippen LogP contribution is -2.37. The second kappa shape index (κ2) is 6.48. The van der Waals surface area contributed by atoms with E-state index in [-0.39, 0.29) is 11.5 Å².